The van der Waals surface area contributed by atoms with E-state index in [2.05, 4.69) is 12.1 Å². The van der Waals surface area contributed by atoms with Crippen molar-refractivity contribution >= 4 is 5.97 Å². The maximum Gasteiger partial charge on any atom is 0.307 e. The fourth-order valence-electron chi connectivity index (χ4n) is 2.70. The Morgan fingerprint density at radius 3 is 2.44 bits per heavy atom. The van der Waals surface area contributed by atoms with E-state index in [1.807, 2.05) is 18.2 Å². The van der Waals surface area contributed by atoms with E-state index < -0.39 is 5.97 Å². The molecule has 2 rings (SSSR count). The van der Waals surface area contributed by atoms with Gasteiger partial charge >= 0.3 is 5.97 Å². The van der Waals surface area contributed by atoms with Crippen molar-refractivity contribution in [1.82, 2.24) is 0 Å². The van der Waals surface area contributed by atoms with Crippen molar-refractivity contribution in [3.8, 4) is 0 Å². The van der Waals surface area contributed by atoms with E-state index in [1.165, 1.54) is 12.0 Å². The monoisotopic (exact) mass is 218 g/mol. The van der Waals surface area contributed by atoms with Gasteiger partial charge in [-0.05, 0) is 24.3 Å². The number of hydrogen-bond donors (Lipinski definition) is 1. The molecule has 1 fully saturated rings. The van der Waals surface area contributed by atoms with Crippen molar-refractivity contribution in [3.05, 3.63) is 35.9 Å². The number of hydrogen-bond acceptors (Lipinski definition) is 1. The van der Waals surface area contributed by atoms with Crippen LogP contribution in [0.5, 0.6) is 0 Å². The highest BCUT2D eigenvalue weighted by atomic mass is 16.4. The second-order valence-electron chi connectivity index (χ2n) is 4.60. The molecule has 0 amide bonds. The Bertz CT molecular complexity index is 345. The van der Waals surface area contributed by atoms with Gasteiger partial charge < -0.3 is 5.11 Å². The number of rotatable bonds is 2. The highest BCUT2D eigenvalue weighted by molar-refractivity contribution is 5.71. The second-order valence-corrected chi connectivity index (χ2v) is 4.60. The number of benzene rings is 1. The molecule has 0 heterocycles. The van der Waals surface area contributed by atoms with Crippen LogP contribution in [0.25, 0.3) is 0 Å². The minimum Gasteiger partial charge on any atom is -0.481 e. The zero-order valence-electron chi connectivity index (χ0n) is 9.43. The minimum atomic E-state index is -0.629. The fraction of sp³-hybridized carbons (Fsp3) is 0.500. The quantitative estimate of drug-likeness (QED) is 0.772. The summed E-state index contributed by atoms with van der Waals surface area (Å²) in [7, 11) is 0. The summed E-state index contributed by atoms with van der Waals surface area (Å²) < 4.78 is 0. The molecule has 0 aliphatic heterocycles. The molecule has 0 saturated heterocycles. The Morgan fingerprint density at radius 2 is 1.75 bits per heavy atom. The molecular formula is C14H18O2. The summed E-state index contributed by atoms with van der Waals surface area (Å²) in [5.74, 6) is -0.609. The largest absolute Gasteiger partial charge is 0.481 e. The van der Waals surface area contributed by atoms with Crippen LogP contribution in [0.1, 0.15) is 43.6 Å². The maximum atomic E-state index is 11.3. The van der Waals surface area contributed by atoms with Crippen LogP contribution in [0.4, 0.5) is 0 Å². The Labute approximate surface area is 96.3 Å². The van der Waals surface area contributed by atoms with E-state index in [-0.39, 0.29) is 11.8 Å². The third-order valence-electron chi connectivity index (χ3n) is 3.56. The summed E-state index contributed by atoms with van der Waals surface area (Å²) in [4.78, 5) is 11.3. The van der Waals surface area contributed by atoms with Crippen molar-refractivity contribution in [2.75, 3.05) is 0 Å². The summed E-state index contributed by atoms with van der Waals surface area (Å²) in [6, 6.07) is 10.1. The van der Waals surface area contributed by atoms with Crippen LogP contribution in [-0.2, 0) is 4.79 Å². The lowest BCUT2D eigenvalue weighted by molar-refractivity contribution is -0.142. The molecule has 0 aromatic heterocycles. The van der Waals surface area contributed by atoms with Crippen LogP contribution in [0.15, 0.2) is 30.3 Å². The normalized spacial score (nSPS) is 26.0. The van der Waals surface area contributed by atoms with E-state index >= 15 is 0 Å². The van der Waals surface area contributed by atoms with E-state index in [0.29, 0.717) is 0 Å². The third-order valence-corrected chi connectivity index (χ3v) is 3.56. The number of carbonyl (C=O) groups is 1. The van der Waals surface area contributed by atoms with Gasteiger partial charge in [-0.15, -0.1) is 0 Å². The fourth-order valence-corrected chi connectivity index (χ4v) is 2.70. The molecule has 0 unspecified atom stereocenters. The molecule has 1 saturated carbocycles. The summed E-state index contributed by atoms with van der Waals surface area (Å²) in [5.41, 5.74) is 1.19. The van der Waals surface area contributed by atoms with Gasteiger partial charge in [0.1, 0.15) is 0 Å². The first kappa shape index (κ1) is 11.2. The zero-order chi connectivity index (χ0) is 11.4. The van der Waals surface area contributed by atoms with Crippen LogP contribution in [0.2, 0.25) is 0 Å². The van der Waals surface area contributed by atoms with Crippen molar-refractivity contribution in [2.24, 2.45) is 5.92 Å². The highest BCUT2D eigenvalue weighted by Gasteiger charge is 2.30. The van der Waals surface area contributed by atoms with Crippen molar-refractivity contribution in [2.45, 2.75) is 38.0 Å². The molecule has 1 N–H and O–H groups in total. The van der Waals surface area contributed by atoms with Crippen molar-refractivity contribution in [3.63, 3.8) is 0 Å². The first-order valence-corrected chi connectivity index (χ1v) is 6.07. The third kappa shape index (κ3) is 2.43. The van der Waals surface area contributed by atoms with Gasteiger partial charge in [-0.3, -0.25) is 4.79 Å². The van der Waals surface area contributed by atoms with E-state index in [0.717, 1.165) is 25.7 Å². The van der Waals surface area contributed by atoms with Crippen LogP contribution in [-0.4, -0.2) is 11.1 Å². The van der Waals surface area contributed by atoms with Gasteiger partial charge in [0.15, 0.2) is 0 Å². The second kappa shape index (κ2) is 5.15. The van der Waals surface area contributed by atoms with Gasteiger partial charge in [0, 0.05) is 0 Å². The smallest absolute Gasteiger partial charge is 0.307 e. The molecule has 1 aliphatic rings. The SMILES string of the molecule is O=C(O)[C@H]1CCCCC[C@@H]1c1ccccc1. The highest BCUT2D eigenvalue weighted by Crippen LogP contribution is 2.36. The summed E-state index contributed by atoms with van der Waals surface area (Å²) in [5, 5.41) is 9.29. The van der Waals surface area contributed by atoms with Crippen LogP contribution >= 0.6 is 0 Å². The molecule has 0 bridgehead atoms. The molecule has 2 heteroatoms. The Balaban J connectivity index is 2.24. The number of carboxylic acids is 1. The molecule has 1 aromatic carbocycles. The van der Waals surface area contributed by atoms with Crippen LogP contribution in [0.3, 0.4) is 0 Å². The molecule has 0 spiro atoms. The first-order chi connectivity index (χ1) is 7.79. The Hall–Kier alpha value is -1.31. The molecule has 0 radical (unpaired) electrons. The Morgan fingerprint density at radius 1 is 1.06 bits per heavy atom. The van der Waals surface area contributed by atoms with Gasteiger partial charge in [0.25, 0.3) is 0 Å². The van der Waals surface area contributed by atoms with E-state index in [9.17, 15) is 9.90 Å². The molecule has 1 aromatic rings. The molecule has 2 nitrogen and oxygen atoms in total. The zero-order valence-corrected chi connectivity index (χ0v) is 9.43. The molecule has 86 valence electrons. The Kier molecular flexibility index (Phi) is 3.60. The van der Waals surface area contributed by atoms with Crippen molar-refractivity contribution in [1.29, 1.82) is 0 Å². The van der Waals surface area contributed by atoms with Crippen LogP contribution < -0.4 is 0 Å². The van der Waals surface area contributed by atoms with E-state index in [4.69, 9.17) is 0 Å². The topological polar surface area (TPSA) is 37.3 Å². The predicted octanol–water partition coefficient (Wildman–Crippen LogP) is 3.44. The first-order valence-electron chi connectivity index (χ1n) is 6.07. The average Bonchev–Trinajstić information content (AvgIpc) is 2.55. The summed E-state index contributed by atoms with van der Waals surface area (Å²) in [6.07, 6.45) is 5.23. The van der Waals surface area contributed by atoms with Gasteiger partial charge in [-0.2, -0.15) is 0 Å². The van der Waals surface area contributed by atoms with Gasteiger partial charge in [-0.1, -0.05) is 49.6 Å². The predicted molar refractivity (Wildman–Crippen MR) is 63.4 cm³/mol. The van der Waals surface area contributed by atoms with Gasteiger partial charge in [0.2, 0.25) is 0 Å². The molecular weight excluding hydrogens is 200 g/mol. The summed E-state index contributed by atoms with van der Waals surface area (Å²) >= 11 is 0. The minimum absolute atomic E-state index is 0.190. The molecule has 1 aliphatic carbocycles. The lowest BCUT2D eigenvalue weighted by Crippen LogP contribution is -2.21. The number of carboxylic acid groups (broad SMARTS) is 1. The van der Waals surface area contributed by atoms with Gasteiger partial charge in [0.05, 0.1) is 5.92 Å². The molecule has 16 heavy (non-hydrogen) atoms. The van der Waals surface area contributed by atoms with E-state index in [1.54, 1.807) is 0 Å². The summed E-state index contributed by atoms with van der Waals surface area (Å²) in [6.45, 7) is 0. The molecule has 2 atom stereocenters. The van der Waals surface area contributed by atoms with Crippen LogP contribution in [0, 0.1) is 5.92 Å². The average molecular weight is 218 g/mol. The number of aliphatic carboxylic acids is 1. The lowest BCUT2D eigenvalue weighted by atomic mass is 9.82. The lowest BCUT2D eigenvalue weighted by Gasteiger charge is -2.21. The van der Waals surface area contributed by atoms with Gasteiger partial charge in [-0.25, -0.2) is 0 Å². The maximum absolute atomic E-state index is 11.3. The standard InChI is InChI=1S/C14H18O2/c15-14(16)13-10-6-2-5-9-12(13)11-7-3-1-4-8-11/h1,3-4,7-8,12-13H,2,5-6,9-10H2,(H,15,16)/t12-,13+/m1/s1. The van der Waals surface area contributed by atoms with Crippen molar-refractivity contribution < 1.29 is 9.90 Å².